The highest BCUT2D eigenvalue weighted by Crippen LogP contribution is 2.27. The van der Waals surface area contributed by atoms with Gasteiger partial charge in [-0.2, -0.15) is 0 Å². The van der Waals surface area contributed by atoms with Crippen LogP contribution in [0.15, 0.2) is 77.3 Å². The summed E-state index contributed by atoms with van der Waals surface area (Å²) in [7, 11) is 1.97. The third-order valence-corrected chi connectivity index (χ3v) is 4.72. The molecular formula is C22H20BrNO3. The minimum atomic E-state index is -0.923. The molecule has 138 valence electrons. The maximum absolute atomic E-state index is 11.0. The zero-order chi connectivity index (χ0) is 19.2. The minimum absolute atomic E-state index is 0.279. The Kier molecular flexibility index (Phi) is 6.14. The summed E-state index contributed by atoms with van der Waals surface area (Å²) in [6.07, 6.45) is 0. The predicted molar refractivity (Wildman–Crippen MR) is 110 cm³/mol. The summed E-state index contributed by atoms with van der Waals surface area (Å²) in [5.41, 5.74) is 3.38. The van der Waals surface area contributed by atoms with Gasteiger partial charge in [0.05, 0.1) is 5.56 Å². The third-order valence-electron chi connectivity index (χ3n) is 4.22. The number of carbonyl (C=O) groups is 1. The lowest BCUT2D eigenvalue weighted by Crippen LogP contribution is -2.17. The molecule has 3 aromatic carbocycles. The summed E-state index contributed by atoms with van der Waals surface area (Å²) in [5.74, 6) is -0.0937. The van der Waals surface area contributed by atoms with Crippen LogP contribution < -0.4 is 9.64 Å². The van der Waals surface area contributed by atoms with Gasteiger partial charge in [-0.3, -0.25) is 0 Å². The van der Waals surface area contributed by atoms with E-state index in [9.17, 15) is 4.79 Å². The van der Waals surface area contributed by atoms with Crippen molar-refractivity contribution in [2.75, 3.05) is 11.9 Å². The van der Waals surface area contributed by atoms with Gasteiger partial charge in [-0.1, -0.05) is 46.3 Å². The highest BCUT2D eigenvalue weighted by atomic mass is 79.9. The number of carboxylic acids is 1. The second kappa shape index (κ2) is 8.73. The summed E-state index contributed by atoms with van der Waals surface area (Å²) < 4.78 is 7.03. The molecule has 3 aromatic rings. The van der Waals surface area contributed by atoms with Crippen LogP contribution in [0.4, 0.5) is 5.69 Å². The van der Waals surface area contributed by atoms with Crippen molar-refractivity contribution < 1.29 is 14.6 Å². The van der Waals surface area contributed by atoms with Crippen LogP contribution in [0.2, 0.25) is 0 Å². The third kappa shape index (κ3) is 5.11. The van der Waals surface area contributed by atoms with Crippen molar-refractivity contribution in [2.24, 2.45) is 0 Å². The molecule has 3 rings (SSSR count). The van der Waals surface area contributed by atoms with Gasteiger partial charge in [0, 0.05) is 29.3 Å². The Hall–Kier alpha value is -2.79. The first-order valence-electron chi connectivity index (χ1n) is 8.52. The quantitative estimate of drug-likeness (QED) is 0.553. The Morgan fingerprint density at radius 3 is 2.41 bits per heavy atom. The number of anilines is 1. The van der Waals surface area contributed by atoms with E-state index in [0.29, 0.717) is 13.2 Å². The fourth-order valence-corrected chi connectivity index (χ4v) is 3.16. The number of carboxylic acid groups (broad SMARTS) is 1. The van der Waals surface area contributed by atoms with E-state index in [0.717, 1.165) is 27.0 Å². The van der Waals surface area contributed by atoms with Gasteiger partial charge in [0.25, 0.3) is 0 Å². The molecule has 1 N–H and O–H groups in total. The van der Waals surface area contributed by atoms with Crippen LogP contribution in [0.3, 0.4) is 0 Å². The van der Waals surface area contributed by atoms with Crippen molar-refractivity contribution in [3.8, 4) is 5.75 Å². The number of hydrogen-bond acceptors (Lipinski definition) is 3. The summed E-state index contributed by atoms with van der Waals surface area (Å²) >= 11 is 3.52. The number of ether oxygens (including phenoxy) is 1. The smallest absolute Gasteiger partial charge is 0.335 e. The molecule has 0 aliphatic heterocycles. The Labute approximate surface area is 167 Å². The Morgan fingerprint density at radius 2 is 1.74 bits per heavy atom. The first-order chi connectivity index (χ1) is 13.0. The Morgan fingerprint density at radius 1 is 1.04 bits per heavy atom. The second-order valence-electron chi connectivity index (χ2n) is 6.23. The molecule has 0 saturated heterocycles. The van der Waals surface area contributed by atoms with Gasteiger partial charge in [-0.15, -0.1) is 0 Å². The summed E-state index contributed by atoms with van der Waals surface area (Å²) in [4.78, 5) is 13.1. The molecule has 0 aliphatic rings. The van der Waals surface area contributed by atoms with Crippen molar-refractivity contribution >= 4 is 27.6 Å². The zero-order valence-electron chi connectivity index (χ0n) is 14.9. The lowest BCUT2D eigenvalue weighted by molar-refractivity contribution is 0.0697. The number of benzene rings is 3. The SMILES string of the molecule is CN(Cc1cc(Br)ccc1OCc1ccccc1)c1ccc(C(=O)O)cc1. The van der Waals surface area contributed by atoms with Crippen molar-refractivity contribution in [3.63, 3.8) is 0 Å². The van der Waals surface area contributed by atoms with Crippen LogP contribution in [-0.4, -0.2) is 18.1 Å². The molecule has 4 nitrogen and oxygen atoms in total. The molecule has 0 amide bonds. The molecule has 0 bridgehead atoms. The topological polar surface area (TPSA) is 49.8 Å². The van der Waals surface area contributed by atoms with E-state index in [1.54, 1.807) is 12.1 Å². The number of rotatable bonds is 7. The van der Waals surface area contributed by atoms with Gasteiger partial charge in [0.15, 0.2) is 0 Å². The van der Waals surface area contributed by atoms with E-state index in [-0.39, 0.29) is 5.56 Å². The minimum Gasteiger partial charge on any atom is -0.489 e. The second-order valence-corrected chi connectivity index (χ2v) is 7.15. The van der Waals surface area contributed by atoms with Crippen molar-refractivity contribution in [3.05, 3.63) is 94.0 Å². The molecule has 0 unspecified atom stereocenters. The van der Waals surface area contributed by atoms with E-state index in [4.69, 9.17) is 9.84 Å². The molecule has 0 atom stereocenters. The predicted octanol–water partition coefficient (Wildman–Crippen LogP) is 5.36. The largest absolute Gasteiger partial charge is 0.489 e. The fraction of sp³-hybridized carbons (Fsp3) is 0.136. The van der Waals surface area contributed by atoms with Gasteiger partial charge in [-0.25, -0.2) is 4.79 Å². The summed E-state index contributed by atoms with van der Waals surface area (Å²) in [6.45, 7) is 1.14. The maximum Gasteiger partial charge on any atom is 0.335 e. The zero-order valence-corrected chi connectivity index (χ0v) is 16.5. The molecule has 0 saturated carbocycles. The fourth-order valence-electron chi connectivity index (χ4n) is 2.75. The lowest BCUT2D eigenvalue weighted by Gasteiger charge is -2.21. The van der Waals surface area contributed by atoms with E-state index < -0.39 is 5.97 Å². The average molecular weight is 426 g/mol. The number of aromatic carboxylic acids is 1. The monoisotopic (exact) mass is 425 g/mol. The molecule has 0 radical (unpaired) electrons. The molecule has 0 fully saturated rings. The molecule has 5 heteroatoms. The molecule has 0 spiro atoms. The van der Waals surface area contributed by atoms with Crippen LogP contribution in [0, 0.1) is 0 Å². The standard InChI is InChI=1S/C22H20BrNO3/c1-24(20-10-7-17(8-11-20)22(25)26)14-18-13-19(23)9-12-21(18)27-15-16-5-3-2-4-6-16/h2-13H,14-15H2,1H3,(H,25,26). The molecule has 27 heavy (non-hydrogen) atoms. The maximum atomic E-state index is 11.0. The highest BCUT2D eigenvalue weighted by molar-refractivity contribution is 9.10. The van der Waals surface area contributed by atoms with Crippen molar-refractivity contribution in [2.45, 2.75) is 13.2 Å². The van der Waals surface area contributed by atoms with Crippen molar-refractivity contribution in [1.82, 2.24) is 0 Å². The van der Waals surface area contributed by atoms with Crippen LogP contribution in [-0.2, 0) is 13.2 Å². The first kappa shape index (κ1) is 19.0. The number of halogens is 1. The van der Waals surface area contributed by atoms with Gasteiger partial charge < -0.3 is 14.7 Å². The summed E-state index contributed by atoms with van der Waals surface area (Å²) in [5, 5.41) is 9.03. The summed E-state index contributed by atoms with van der Waals surface area (Å²) in [6, 6.07) is 22.9. The Bertz CT molecular complexity index is 911. The molecular weight excluding hydrogens is 406 g/mol. The lowest BCUT2D eigenvalue weighted by atomic mass is 10.1. The van der Waals surface area contributed by atoms with Crippen LogP contribution in [0.5, 0.6) is 5.75 Å². The number of nitrogens with zero attached hydrogens (tertiary/aromatic N) is 1. The Balaban J connectivity index is 1.74. The van der Waals surface area contributed by atoms with E-state index in [1.165, 1.54) is 0 Å². The van der Waals surface area contributed by atoms with E-state index in [2.05, 4.69) is 20.8 Å². The van der Waals surface area contributed by atoms with Crippen LogP contribution in [0.25, 0.3) is 0 Å². The van der Waals surface area contributed by atoms with E-state index >= 15 is 0 Å². The first-order valence-corrected chi connectivity index (χ1v) is 9.32. The number of hydrogen-bond donors (Lipinski definition) is 1. The normalized spacial score (nSPS) is 10.4. The van der Waals surface area contributed by atoms with Gasteiger partial charge in [0.1, 0.15) is 12.4 Å². The molecule has 0 aromatic heterocycles. The average Bonchev–Trinajstić information content (AvgIpc) is 2.68. The molecule has 0 aliphatic carbocycles. The van der Waals surface area contributed by atoms with E-state index in [1.807, 2.05) is 67.7 Å². The van der Waals surface area contributed by atoms with Gasteiger partial charge in [0.2, 0.25) is 0 Å². The van der Waals surface area contributed by atoms with Crippen LogP contribution >= 0.6 is 15.9 Å². The molecule has 0 heterocycles. The van der Waals surface area contributed by atoms with Gasteiger partial charge >= 0.3 is 5.97 Å². The van der Waals surface area contributed by atoms with Crippen LogP contribution in [0.1, 0.15) is 21.5 Å². The highest BCUT2D eigenvalue weighted by Gasteiger charge is 2.10. The van der Waals surface area contributed by atoms with Gasteiger partial charge in [-0.05, 0) is 48.0 Å². The van der Waals surface area contributed by atoms with Crippen molar-refractivity contribution in [1.29, 1.82) is 0 Å².